The molecule has 2 aliphatic heterocycles. The quantitative estimate of drug-likeness (QED) is 0.790. The van der Waals surface area contributed by atoms with E-state index in [1.165, 1.54) is 0 Å². The van der Waals surface area contributed by atoms with Crippen molar-refractivity contribution in [1.82, 2.24) is 25.0 Å². The molecule has 0 aromatic carbocycles. The summed E-state index contributed by atoms with van der Waals surface area (Å²) in [5.74, 6) is 0.255. The Morgan fingerprint density at radius 3 is 2.59 bits per heavy atom. The Kier molecular flexibility index (Phi) is 6.79. The third-order valence-electron chi connectivity index (χ3n) is 5.73. The molecule has 1 aromatic rings. The third-order valence-corrected chi connectivity index (χ3v) is 5.73. The summed E-state index contributed by atoms with van der Waals surface area (Å²) < 4.78 is 0. The van der Waals surface area contributed by atoms with Gasteiger partial charge in [0.05, 0.1) is 18.8 Å². The maximum absolute atomic E-state index is 12.6. The van der Waals surface area contributed by atoms with E-state index in [4.69, 9.17) is 0 Å². The van der Waals surface area contributed by atoms with Crippen LogP contribution in [0, 0.1) is 5.92 Å². The zero-order valence-electron chi connectivity index (χ0n) is 16.4. The second kappa shape index (κ2) is 9.28. The zero-order chi connectivity index (χ0) is 19.2. The van der Waals surface area contributed by atoms with Crippen LogP contribution in [0.15, 0.2) is 24.4 Å². The van der Waals surface area contributed by atoms with Gasteiger partial charge in [-0.3, -0.25) is 19.5 Å². The first-order valence-electron chi connectivity index (χ1n) is 9.87. The lowest BCUT2D eigenvalue weighted by Crippen LogP contribution is -2.46. The number of amides is 2. The van der Waals surface area contributed by atoms with Crippen LogP contribution in [0.3, 0.4) is 0 Å². The van der Waals surface area contributed by atoms with E-state index in [0.29, 0.717) is 32.2 Å². The number of pyridine rings is 1. The normalized spacial score (nSPS) is 21.6. The number of piperidine rings is 1. The Morgan fingerprint density at radius 1 is 1.19 bits per heavy atom. The van der Waals surface area contributed by atoms with Gasteiger partial charge in [0.15, 0.2) is 0 Å². The van der Waals surface area contributed by atoms with Gasteiger partial charge in [0.1, 0.15) is 0 Å². The minimum Gasteiger partial charge on any atom is -0.350 e. The predicted molar refractivity (Wildman–Crippen MR) is 104 cm³/mol. The van der Waals surface area contributed by atoms with Crippen molar-refractivity contribution in [3.63, 3.8) is 0 Å². The van der Waals surface area contributed by atoms with E-state index in [-0.39, 0.29) is 17.7 Å². The molecular weight excluding hydrogens is 342 g/mol. The van der Waals surface area contributed by atoms with Crippen LogP contribution in [-0.2, 0) is 16.1 Å². The number of aromatic nitrogens is 1. The molecule has 2 aliphatic rings. The van der Waals surface area contributed by atoms with E-state index in [9.17, 15) is 9.59 Å². The number of rotatable bonds is 6. The maximum Gasteiger partial charge on any atom is 0.236 e. The minimum atomic E-state index is -0.0114. The van der Waals surface area contributed by atoms with Gasteiger partial charge in [0.2, 0.25) is 11.8 Å². The van der Waals surface area contributed by atoms with Crippen LogP contribution >= 0.6 is 0 Å². The zero-order valence-corrected chi connectivity index (χ0v) is 16.4. The number of hydrogen-bond donors (Lipinski definition) is 1. The third kappa shape index (κ3) is 5.49. The van der Waals surface area contributed by atoms with Crippen LogP contribution in [0.4, 0.5) is 0 Å². The second-order valence-electron chi connectivity index (χ2n) is 7.84. The predicted octanol–water partition coefficient (Wildman–Crippen LogP) is 0.572. The van der Waals surface area contributed by atoms with Gasteiger partial charge >= 0.3 is 0 Å². The van der Waals surface area contributed by atoms with Crippen LogP contribution in [0.5, 0.6) is 0 Å². The lowest BCUT2D eigenvalue weighted by atomic mass is 9.96. The molecule has 3 heterocycles. The number of likely N-dealkylation sites (N-methyl/N-ethyl adjacent to an activating group) is 1. The van der Waals surface area contributed by atoms with Crippen molar-refractivity contribution in [1.29, 1.82) is 0 Å². The topological polar surface area (TPSA) is 68.8 Å². The van der Waals surface area contributed by atoms with E-state index in [0.717, 1.165) is 38.0 Å². The Bertz CT molecular complexity index is 629. The Hall–Kier alpha value is -1.99. The van der Waals surface area contributed by atoms with Gasteiger partial charge in [-0.15, -0.1) is 0 Å². The molecule has 2 fully saturated rings. The average Bonchev–Trinajstić information content (AvgIpc) is 3.16. The van der Waals surface area contributed by atoms with E-state index in [1.54, 1.807) is 6.20 Å². The number of likely N-dealkylation sites (tertiary alicyclic amines) is 2. The van der Waals surface area contributed by atoms with Crippen LogP contribution in [0.1, 0.15) is 25.0 Å². The van der Waals surface area contributed by atoms with Gasteiger partial charge in [-0.05, 0) is 45.5 Å². The summed E-state index contributed by atoms with van der Waals surface area (Å²) in [5, 5.41) is 2.97. The SMILES string of the molecule is CN(C)[C@@H]1CCN(CC(=O)N2CCC(C(=O)NCc3ccccn3)CC2)C1. The van der Waals surface area contributed by atoms with Crippen LogP contribution < -0.4 is 5.32 Å². The van der Waals surface area contributed by atoms with Crippen molar-refractivity contribution in [2.45, 2.75) is 31.8 Å². The largest absolute Gasteiger partial charge is 0.350 e. The summed E-state index contributed by atoms with van der Waals surface area (Å²) >= 11 is 0. The summed E-state index contributed by atoms with van der Waals surface area (Å²) in [5.41, 5.74) is 0.861. The highest BCUT2D eigenvalue weighted by Gasteiger charge is 2.30. The number of hydrogen-bond acceptors (Lipinski definition) is 5. The highest BCUT2D eigenvalue weighted by Crippen LogP contribution is 2.19. The molecule has 7 nitrogen and oxygen atoms in total. The fraction of sp³-hybridized carbons (Fsp3) is 0.650. The van der Waals surface area contributed by atoms with E-state index >= 15 is 0 Å². The molecular formula is C20H31N5O2. The minimum absolute atomic E-state index is 0.0114. The van der Waals surface area contributed by atoms with Gasteiger partial charge in [-0.2, -0.15) is 0 Å². The fourth-order valence-corrected chi connectivity index (χ4v) is 3.88. The van der Waals surface area contributed by atoms with Crippen molar-refractivity contribution < 1.29 is 9.59 Å². The second-order valence-corrected chi connectivity index (χ2v) is 7.84. The van der Waals surface area contributed by atoms with Crippen molar-refractivity contribution in [3.8, 4) is 0 Å². The summed E-state index contributed by atoms with van der Waals surface area (Å²) in [7, 11) is 4.19. The maximum atomic E-state index is 12.6. The molecule has 3 rings (SSSR count). The Labute approximate surface area is 161 Å². The monoisotopic (exact) mass is 373 g/mol. The summed E-state index contributed by atoms with van der Waals surface area (Å²) in [4.78, 5) is 35.6. The molecule has 0 spiro atoms. The van der Waals surface area contributed by atoms with Gasteiger partial charge in [0, 0.05) is 44.3 Å². The highest BCUT2D eigenvalue weighted by atomic mass is 16.2. The highest BCUT2D eigenvalue weighted by molar-refractivity contribution is 5.80. The van der Waals surface area contributed by atoms with E-state index < -0.39 is 0 Å². The average molecular weight is 374 g/mol. The molecule has 0 saturated carbocycles. The van der Waals surface area contributed by atoms with Crippen molar-refractivity contribution >= 4 is 11.8 Å². The molecule has 0 bridgehead atoms. The summed E-state index contributed by atoms with van der Waals surface area (Å²) in [6.07, 6.45) is 4.33. The van der Waals surface area contributed by atoms with Crippen molar-refractivity contribution in [2.75, 3.05) is 46.8 Å². The number of carbonyl (C=O) groups excluding carboxylic acids is 2. The standard InChI is InChI=1S/C20H31N5O2/c1-23(2)18-8-10-24(14-18)15-19(26)25-11-6-16(7-12-25)20(27)22-13-17-5-3-4-9-21-17/h3-5,9,16,18H,6-8,10-15H2,1-2H3,(H,22,27)/t18-/m1/s1. The van der Waals surface area contributed by atoms with Crippen LogP contribution in [0.2, 0.25) is 0 Å². The molecule has 1 N–H and O–H groups in total. The molecule has 1 atom stereocenters. The first-order valence-corrected chi connectivity index (χ1v) is 9.87. The van der Waals surface area contributed by atoms with Crippen molar-refractivity contribution in [3.05, 3.63) is 30.1 Å². The number of nitrogens with zero attached hydrogens (tertiary/aromatic N) is 4. The molecule has 0 radical (unpaired) electrons. The van der Waals surface area contributed by atoms with E-state index in [1.807, 2.05) is 23.1 Å². The first-order chi connectivity index (χ1) is 13.0. The van der Waals surface area contributed by atoms with Gasteiger partial charge in [-0.1, -0.05) is 6.07 Å². The number of carbonyl (C=O) groups is 2. The molecule has 27 heavy (non-hydrogen) atoms. The molecule has 2 amide bonds. The molecule has 7 heteroatoms. The fourth-order valence-electron chi connectivity index (χ4n) is 3.88. The lowest BCUT2D eigenvalue weighted by molar-refractivity contribution is -0.136. The van der Waals surface area contributed by atoms with Crippen molar-refractivity contribution in [2.24, 2.45) is 5.92 Å². The molecule has 1 aromatic heterocycles. The van der Waals surface area contributed by atoms with Crippen LogP contribution in [-0.4, -0.2) is 84.4 Å². The summed E-state index contributed by atoms with van der Waals surface area (Å²) in [6.45, 7) is 4.25. The van der Waals surface area contributed by atoms with Crippen LogP contribution in [0.25, 0.3) is 0 Å². The molecule has 2 saturated heterocycles. The van der Waals surface area contributed by atoms with Gasteiger partial charge in [0.25, 0.3) is 0 Å². The molecule has 0 unspecified atom stereocenters. The Balaban J connectivity index is 1.38. The van der Waals surface area contributed by atoms with Gasteiger partial charge in [-0.25, -0.2) is 0 Å². The smallest absolute Gasteiger partial charge is 0.236 e. The lowest BCUT2D eigenvalue weighted by Gasteiger charge is -2.32. The first kappa shape index (κ1) is 19.8. The molecule has 0 aliphatic carbocycles. The summed E-state index contributed by atoms with van der Waals surface area (Å²) in [6, 6.07) is 6.23. The van der Waals surface area contributed by atoms with Gasteiger partial charge < -0.3 is 15.1 Å². The number of nitrogens with one attached hydrogen (secondary N) is 1. The molecule has 148 valence electrons. The van der Waals surface area contributed by atoms with E-state index in [2.05, 4.69) is 34.2 Å². The Morgan fingerprint density at radius 2 is 1.96 bits per heavy atom.